The van der Waals surface area contributed by atoms with Crippen molar-refractivity contribution in [3.8, 4) is 11.5 Å². The van der Waals surface area contributed by atoms with Crippen molar-refractivity contribution in [3.63, 3.8) is 0 Å². The molecule has 0 atom stereocenters. The van der Waals surface area contributed by atoms with E-state index >= 15 is 0 Å². The van der Waals surface area contributed by atoms with Crippen LogP contribution in [0, 0.1) is 5.82 Å². The number of anilines is 2. The van der Waals surface area contributed by atoms with Crippen LogP contribution in [0.5, 0.6) is 11.5 Å². The maximum Gasteiger partial charge on any atom is 0.162 e. The van der Waals surface area contributed by atoms with Gasteiger partial charge in [0.05, 0.1) is 49.6 Å². The number of methoxy groups -OCH3 is 1. The molecule has 0 saturated carbocycles. The molecule has 0 aliphatic carbocycles. The van der Waals surface area contributed by atoms with Crippen molar-refractivity contribution < 1.29 is 37.8 Å². The van der Waals surface area contributed by atoms with E-state index in [-0.39, 0.29) is 33.9 Å². The number of nitrogens with zero attached hydrogens (tertiary/aromatic N) is 3. The Hall–Kier alpha value is -2.68. The minimum atomic E-state index is -3.26. The largest absolute Gasteiger partial charge is 0.493 e. The van der Waals surface area contributed by atoms with Gasteiger partial charge in [0.25, 0.3) is 0 Å². The summed E-state index contributed by atoms with van der Waals surface area (Å²) in [6.45, 7) is -14.0. The number of aromatic nitrogens is 2. The smallest absolute Gasteiger partial charge is 0.162 e. The van der Waals surface area contributed by atoms with E-state index in [0.29, 0.717) is 4.90 Å². The van der Waals surface area contributed by atoms with Gasteiger partial charge in [0, 0.05) is 42.1 Å². The van der Waals surface area contributed by atoms with Gasteiger partial charge in [-0.3, -0.25) is 4.90 Å². The van der Waals surface area contributed by atoms with Gasteiger partial charge in [0.15, 0.2) is 11.5 Å². The van der Waals surface area contributed by atoms with Crippen LogP contribution in [0.15, 0.2) is 36.6 Å². The average molecular weight is 461 g/mol. The second-order valence-corrected chi connectivity index (χ2v) is 6.45. The molecule has 0 spiro atoms. The van der Waals surface area contributed by atoms with Crippen molar-refractivity contribution in [3.05, 3.63) is 47.4 Å². The molecule has 2 aromatic carbocycles. The molecule has 0 amide bonds. The van der Waals surface area contributed by atoms with Crippen LogP contribution in [0.2, 0.25) is 5.02 Å². The molecule has 9 heteroatoms. The first-order chi connectivity index (χ1) is 20.5. The molecule has 1 fully saturated rings. The lowest BCUT2D eigenvalue weighted by Crippen LogP contribution is -2.37. The molecule has 4 rings (SSSR count). The van der Waals surface area contributed by atoms with E-state index in [9.17, 15) is 4.39 Å². The molecule has 1 saturated heterocycles. The van der Waals surface area contributed by atoms with Gasteiger partial charge in [-0.2, -0.15) is 0 Å². The van der Waals surface area contributed by atoms with Gasteiger partial charge in [-0.1, -0.05) is 11.6 Å². The van der Waals surface area contributed by atoms with Crippen molar-refractivity contribution >= 4 is 34.0 Å². The van der Waals surface area contributed by atoms with Crippen LogP contribution in [-0.2, 0) is 4.74 Å². The first-order valence-corrected chi connectivity index (χ1v) is 9.21. The summed E-state index contributed by atoms with van der Waals surface area (Å²) >= 11 is 5.85. The number of morpholine rings is 1. The maximum absolute atomic E-state index is 13.7. The second-order valence-electron chi connectivity index (χ2n) is 6.04. The number of hydrogen-bond donors (Lipinski definition) is 1. The zero-order chi connectivity index (χ0) is 33.9. The van der Waals surface area contributed by atoms with E-state index in [4.69, 9.17) is 40.3 Å². The zero-order valence-electron chi connectivity index (χ0n) is 29.7. The lowest BCUT2D eigenvalue weighted by atomic mass is 10.2. The van der Waals surface area contributed by atoms with Gasteiger partial charge in [0.2, 0.25) is 0 Å². The predicted molar refractivity (Wildman–Crippen MR) is 118 cm³/mol. The van der Waals surface area contributed by atoms with E-state index in [1.54, 1.807) is 0 Å². The fraction of sp³-hybridized carbons (Fsp3) is 0.364. The number of fused-ring (bicyclic) bond motifs is 1. The van der Waals surface area contributed by atoms with Crippen LogP contribution in [-0.4, -0.2) is 61.2 Å². The highest BCUT2D eigenvalue weighted by Gasteiger charge is 2.14. The summed E-state index contributed by atoms with van der Waals surface area (Å²) in [5.74, 6) is -2.32. The van der Waals surface area contributed by atoms with Gasteiger partial charge in [-0.15, -0.1) is 0 Å². The van der Waals surface area contributed by atoms with Crippen molar-refractivity contribution in [1.29, 1.82) is 0 Å². The molecule has 7 nitrogen and oxygen atoms in total. The van der Waals surface area contributed by atoms with Gasteiger partial charge in [-0.25, -0.2) is 14.4 Å². The Bertz CT molecular complexity index is 1600. The minimum absolute atomic E-state index is 0.172. The SMILES string of the molecule is [2H]c1nc(Nc2ccc(F)c(Cl)c2)c2c([2H])c(OCCCN3C([2H])([2H])C([2H])([2H])OC([2H])([2H])C3([2H])[2H])c(OC([2H])([2H])[2H])c([2H])c2n1. The number of ether oxygens (including phenoxy) is 3. The Morgan fingerprint density at radius 1 is 1.32 bits per heavy atom. The standard InChI is InChI=1S/C22H24ClFN4O3/c1-29-20-13-19-16(12-21(20)31-8-2-5-28-6-9-30-10-7-28)22(26-14-25-19)27-15-3-4-18(24)17(23)11-15/h3-4,11-14H,2,5-10H2,1H3,(H,25,26,27)/i1D3,6D2,7D2,9D2,10D2,12D,13D,14D. The molecule has 3 aromatic rings. The lowest BCUT2D eigenvalue weighted by molar-refractivity contribution is 0.0357. The first kappa shape index (κ1) is 10.3. The third kappa shape index (κ3) is 5.33. The van der Waals surface area contributed by atoms with Gasteiger partial charge in [-0.05, 0) is 30.7 Å². The average Bonchev–Trinajstić information content (AvgIpc) is 2.88. The zero-order valence-corrected chi connectivity index (χ0v) is 16.4. The molecule has 1 aliphatic heterocycles. The number of halogens is 2. The van der Waals surface area contributed by atoms with E-state index in [1.165, 1.54) is 12.1 Å². The quantitative estimate of drug-likeness (QED) is 0.503. The maximum atomic E-state index is 13.7. The van der Waals surface area contributed by atoms with E-state index < -0.39 is 82.0 Å². The lowest BCUT2D eigenvalue weighted by Gasteiger charge is -2.26. The van der Waals surface area contributed by atoms with E-state index in [1.807, 2.05) is 0 Å². The second kappa shape index (κ2) is 10.1. The summed E-state index contributed by atoms with van der Waals surface area (Å²) in [6, 6.07) is 2.20. The van der Waals surface area contributed by atoms with Gasteiger partial charge >= 0.3 is 0 Å². The predicted octanol–water partition coefficient (Wildman–Crippen LogP) is 4.28. The van der Waals surface area contributed by atoms with Crippen molar-refractivity contribution in [1.82, 2.24) is 14.9 Å². The summed E-state index contributed by atoms with van der Waals surface area (Å²) < 4.78 is 140. The van der Waals surface area contributed by atoms with Crippen LogP contribution in [0.25, 0.3) is 10.9 Å². The van der Waals surface area contributed by atoms with Crippen LogP contribution in [0.1, 0.15) is 25.6 Å². The molecular weight excluding hydrogens is 423 g/mol. The van der Waals surface area contributed by atoms with Crippen molar-refractivity contribution in [2.45, 2.75) is 6.42 Å². The van der Waals surface area contributed by atoms with Crippen molar-refractivity contribution in [2.75, 3.05) is 51.6 Å². The summed E-state index contributed by atoms with van der Waals surface area (Å²) in [7, 11) is -3.15. The normalized spacial score (nSPS) is 28.1. The third-order valence-corrected chi connectivity index (χ3v) is 4.28. The van der Waals surface area contributed by atoms with Crippen LogP contribution < -0.4 is 14.8 Å². The molecule has 1 N–H and O–H groups in total. The van der Waals surface area contributed by atoms with Crippen molar-refractivity contribution in [2.24, 2.45) is 0 Å². The Morgan fingerprint density at radius 2 is 2.19 bits per heavy atom. The van der Waals surface area contributed by atoms with E-state index in [2.05, 4.69) is 20.0 Å². The number of rotatable bonds is 8. The van der Waals surface area contributed by atoms with Crippen LogP contribution in [0.3, 0.4) is 0 Å². The topological polar surface area (TPSA) is 68.7 Å². The van der Waals surface area contributed by atoms with Gasteiger partial charge in [0.1, 0.15) is 19.3 Å². The molecule has 1 aromatic heterocycles. The number of hydrogen-bond acceptors (Lipinski definition) is 7. The number of nitrogens with one attached hydrogen (secondary N) is 1. The molecule has 0 unspecified atom stereocenters. The Labute approximate surface area is 204 Å². The Morgan fingerprint density at radius 3 is 3.00 bits per heavy atom. The molecule has 1 aliphatic rings. The highest BCUT2D eigenvalue weighted by molar-refractivity contribution is 6.31. The molecule has 164 valence electrons. The fourth-order valence-electron chi connectivity index (χ4n) is 2.58. The molecule has 31 heavy (non-hydrogen) atoms. The van der Waals surface area contributed by atoms with E-state index in [0.717, 1.165) is 6.07 Å². The number of benzene rings is 2. The fourth-order valence-corrected chi connectivity index (χ4v) is 2.77. The van der Waals surface area contributed by atoms with Gasteiger partial charge < -0.3 is 19.5 Å². The first-order valence-electron chi connectivity index (χ1n) is 15.8. The minimum Gasteiger partial charge on any atom is -0.493 e. The molecule has 0 bridgehead atoms. The highest BCUT2D eigenvalue weighted by atomic mass is 35.5. The summed E-state index contributed by atoms with van der Waals surface area (Å²) in [5, 5.41) is 2.27. The summed E-state index contributed by atoms with van der Waals surface area (Å²) in [4.78, 5) is 8.08. The monoisotopic (exact) mass is 460 g/mol. The Kier molecular flexibility index (Phi) is 3.35. The summed E-state index contributed by atoms with van der Waals surface area (Å²) in [6.07, 6.45) is -0.960. The molecular formula is C22H24ClFN4O3. The third-order valence-electron chi connectivity index (χ3n) is 3.99. The van der Waals surface area contributed by atoms with Crippen LogP contribution in [0.4, 0.5) is 15.9 Å². The van der Waals surface area contributed by atoms with Crippen LogP contribution >= 0.6 is 11.6 Å². The molecule has 0 radical (unpaired) electrons. The highest BCUT2D eigenvalue weighted by Crippen LogP contribution is 2.35. The Balaban J connectivity index is 1.73. The summed E-state index contributed by atoms with van der Waals surface area (Å²) in [5.41, 5.74) is -0.202. The molecule has 2 heterocycles.